The van der Waals surface area contributed by atoms with Crippen molar-refractivity contribution in [3.63, 3.8) is 0 Å². The number of hydrogen-bond donors (Lipinski definition) is 2. The van der Waals surface area contributed by atoms with Crippen LogP contribution in [0, 0.1) is 0 Å². The van der Waals surface area contributed by atoms with Gasteiger partial charge in [0.25, 0.3) is 5.56 Å². The van der Waals surface area contributed by atoms with Gasteiger partial charge in [0.2, 0.25) is 0 Å². The molecule has 1 heterocycles. The van der Waals surface area contributed by atoms with Crippen molar-refractivity contribution in [1.29, 1.82) is 0 Å². The topological polar surface area (TPSA) is 66.9 Å². The highest BCUT2D eigenvalue weighted by Gasteiger charge is 2.28. The fourth-order valence-corrected chi connectivity index (χ4v) is 2.00. The molecule has 1 atom stereocenters. The van der Waals surface area contributed by atoms with Crippen molar-refractivity contribution >= 4 is 5.82 Å². The minimum atomic E-state index is -3.55. The van der Waals surface area contributed by atoms with Crippen LogP contribution in [-0.2, 0) is 6.05 Å². The summed E-state index contributed by atoms with van der Waals surface area (Å²) < 4.78 is 26.2. The van der Waals surface area contributed by atoms with Crippen molar-refractivity contribution in [2.75, 3.05) is 5.32 Å². The molecule has 0 spiro atoms. The van der Waals surface area contributed by atoms with Crippen LogP contribution in [0.4, 0.5) is 14.6 Å². The van der Waals surface area contributed by atoms with Gasteiger partial charge in [-0.25, -0.2) is 4.79 Å². The zero-order chi connectivity index (χ0) is 15.6. The number of benzene rings is 1. The van der Waals surface area contributed by atoms with Gasteiger partial charge in [0.15, 0.2) is 0 Å². The third-order valence-electron chi connectivity index (χ3n) is 3.00. The fourth-order valence-electron chi connectivity index (χ4n) is 2.00. The van der Waals surface area contributed by atoms with Gasteiger partial charge in [-0.3, -0.25) is 9.78 Å². The number of H-pyrrole nitrogens is 1. The van der Waals surface area contributed by atoms with Gasteiger partial charge in [0.05, 0.1) is 0 Å². The van der Waals surface area contributed by atoms with E-state index < -0.39 is 17.3 Å². The second-order valence-electron chi connectivity index (χ2n) is 4.78. The van der Waals surface area contributed by atoms with Crippen LogP contribution in [0.2, 0.25) is 0 Å². The summed E-state index contributed by atoms with van der Waals surface area (Å²) in [5, 5.41) is 2.90. The van der Waals surface area contributed by atoms with Crippen molar-refractivity contribution in [1.82, 2.24) is 9.55 Å². The van der Waals surface area contributed by atoms with Gasteiger partial charge in [-0.15, -0.1) is 0 Å². The van der Waals surface area contributed by atoms with Crippen molar-refractivity contribution in [3.8, 4) is 0 Å². The predicted octanol–water partition coefficient (Wildman–Crippen LogP) is 2.28. The molecule has 2 aromatic rings. The van der Waals surface area contributed by atoms with Gasteiger partial charge >= 0.3 is 11.7 Å². The predicted molar refractivity (Wildman–Crippen MR) is 75.7 cm³/mol. The van der Waals surface area contributed by atoms with E-state index in [0.717, 1.165) is 11.6 Å². The molecule has 2 rings (SSSR count). The van der Waals surface area contributed by atoms with Gasteiger partial charge in [0, 0.05) is 19.0 Å². The van der Waals surface area contributed by atoms with E-state index >= 15 is 0 Å². The molecule has 0 fully saturated rings. The molecule has 0 saturated heterocycles. The summed E-state index contributed by atoms with van der Waals surface area (Å²) in [5.74, 6) is 0.0989. The van der Waals surface area contributed by atoms with Crippen LogP contribution in [-0.4, -0.2) is 9.55 Å². The Morgan fingerprint density at radius 3 is 2.38 bits per heavy atom. The van der Waals surface area contributed by atoms with Crippen molar-refractivity contribution in [2.45, 2.75) is 25.9 Å². The standard InChI is InChI=1S/C14H15F2N3O2/c1-9(10-6-4-3-5-7-10)17-11-8-12(20)19(13(21)18-11)14(2,15)16/h3-9,17H,1-2H3,(H,18,21)/t9-/m0/s1. The minimum Gasteiger partial charge on any atom is -0.365 e. The molecule has 1 aromatic heterocycles. The number of hydrogen-bond acceptors (Lipinski definition) is 3. The molecular weight excluding hydrogens is 280 g/mol. The molecule has 0 aliphatic rings. The molecule has 112 valence electrons. The number of anilines is 1. The van der Waals surface area contributed by atoms with Gasteiger partial charge < -0.3 is 5.32 Å². The zero-order valence-electron chi connectivity index (χ0n) is 11.6. The molecule has 0 aliphatic carbocycles. The number of rotatable bonds is 4. The molecule has 5 nitrogen and oxygen atoms in total. The zero-order valence-corrected chi connectivity index (χ0v) is 11.6. The Balaban J connectivity index is 2.32. The molecule has 0 unspecified atom stereocenters. The van der Waals surface area contributed by atoms with E-state index in [1.54, 1.807) is 0 Å². The molecule has 0 aliphatic heterocycles. The van der Waals surface area contributed by atoms with E-state index in [4.69, 9.17) is 0 Å². The lowest BCUT2D eigenvalue weighted by atomic mass is 10.1. The largest absolute Gasteiger partial charge is 0.365 e. The average Bonchev–Trinajstić information content (AvgIpc) is 2.37. The van der Waals surface area contributed by atoms with Gasteiger partial charge in [-0.05, 0) is 12.5 Å². The van der Waals surface area contributed by atoms with Crippen LogP contribution in [0.1, 0.15) is 25.5 Å². The third kappa shape index (κ3) is 3.36. The van der Waals surface area contributed by atoms with Crippen molar-refractivity contribution in [3.05, 3.63) is 62.8 Å². The molecular formula is C14H15F2N3O2. The fraction of sp³-hybridized carbons (Fsp3) is 0.286. The summed E-state index contributed by atoms with van der Waals surface area (Å²) in [7, 11) is 0. The first-order chi connectivity index (χ1) is 9.79. The number of aromatic amines is 1. The summed E-state index contributed by atoms with van der Waals surface area (Å²) in [6.07, 6.45) is 0. The van der Waals surface area contributed by atoms with Crippen LogP contribution in [0.3, 0.4) is 0 Å². The maximum atomic E-state index is 13.2. The number of halogens is 2. The molecule has 0 amide bonds. The third-order valence-corrected chi connectivity index (χ3v) is 3.00. The summed E-state index contributed by atoms with van der Waals surface area (Å²) in [6, 6.07) is 6.51. The maximum Gasteiger partial charge on any atom is 0.334 e. The van der Waals surface area contributed by atoms with E-state index in [0.29, 0.717) is 6.92 Å². The van der Waals surface area contributed by atoms with E-state index in [-0.39, 0.29) is 16.4 Å². The number of aromatic nitrogens is 2. The first-order valence-corrected chi connectivity index (χ1v) is 6.35. The Kier molecular flexibility index (Phi) is 3.93. The first-order valence-electron chi connectivity index (χ1n) is 6.35. The molecule has 21 heavy (non-hydrogen) atoms. The van der Waals surface area contributed by atoms with Crippen LogP contribution in [0.5, 0.6) is 0 Å². The van der Waals surface area contributed by atoms with Gasteiger partial charge in [0.1, 0.15) is 5.82 Å². The van der Waals surface area contributed by atoms with Crippen LogP contribution in [0.15, 0.2) is 46.0 Å². The Morgan fingerprint density at radius 1 is 1.24 bits per heavy atom. The summed E-state index contributed by atoms with van der Waals surface area (Å²) in [4.78, 5) is 25.5. The van der Waals surface area contributed by atoms with Crippen LogP contribution in [0.25, 0.3) is 0 Å². The molecule has 0 radical (unpaired) electrons. The monoisotopic (exact) mass is 295 g/mol. The number of nitrogens with zero attached hydrogens (tertiary/aromatic N) is 1. The maximum absolute atomic E-state index is 13.2. The second-order valence-corrected chi connectivity index (χ2v) is 4.78. The second kappa shape index (κ2) is 5.51. The Morgan fingerprint density at radius 2 is 1.86 bits per heavy atom. The highest BCUT2D eigenvalue weighted by molar-refractivity contribution is 5.36. The van der Waals surface area contributed by atoms with E-state index in [2.05, 4.69) is 10.3 Å². The highest BCUT2D eigenvalue weighted by atomic mass is 19.3. The van der Waals surface area contributed by atoms with E-state index in [1.807, 2.05) is 37.3 Å². The Bertz CT molecular complexity index is 701. The highest BCUT2D eigenvalue weighted by Crippen LogP contribution is 2.17. The molecule has 1 aromatic carbocycles. The van der Waals surface area contributed by atoms with Gasteiger partial charge in [-0.1, -0.05) is 30.3 Å². The molecule has 0 bridgehead atoms. The number of nitrogens with one attached hydrogen (secondary N) is 2. The van der Waals surface area contributed by atoms with Crippen LogP contribution < -0.4 is 16.6 Å². The Labute approximate surface area is 119 Å². The van der Waals surface area contributed by atoms with Crippen molar-refractivity contribution in [2.24, 2.45) is 0 Å². The lowest BCUT2D eigenvalue weighted by Crippen LogP contribution is -2.43. The van der Waals surface area contributed by atoms with E-state index in [9.17, 15) is 18.4 Å². The quantitative estimate of drug-likeness (QED) is 0.909. The normalized spacial score (nSPS) is 13.0. The van der Waals surface area contributed by atoms with Crippen LogP contribution >= 0.6 is 0 Å². The Hall–Kier alpha value is -2.44. The minimum absolute atomic E-state index is 0.0989. The smallest absolute Gasteiger partial charge is 0.334 e. The SMILES string of the molecule is C[C@H](Nc1cc(=O)n(C(C)(F)F)c(=O)[nH]1)c1ccccc1. The lowest BCUT2D eigenvalue weighted by Gasteiger charge is -2.17. The average molecular weight is 295 g/mol. The summed E-state index contributed by atoms with van der Waals surface area (Å²) >= 11 is 0. The summed E-state index contributed by atoms with van der Waals surface area (Å²) in [5.41, 5.74) is -1.28. The van der Waals surface area contributed by atoms with Crippen molar-refractivity contribution < 1.29 is 8.78 Å². The molecule has 7 heteroatoms. The van der Waals surface area contributed by atoms with E-state index in [1.165, 1.54) is 0 Å². The first kappa shape index (κ1) is 15.0. The number of alkyl halides is 2. The summed E-state index contributed by atoms with van der Waals surface area (Å²) in [6.45, 7) is 2.32. The molecule has 0 saturated carbocycles. The lowest BCUT2D eigenvalue weighted by molar-refractivity contribution is -0.0680. The van der Waals surface area contributed by atoms with Gasteiger partial charge in [-0.2, -0.15) is 13.3 Å². The molecule has 2 N–H and O–H groups in total.